The normalized spacial score (nSPS) is 12.5. The lowest BCUT2D eigenvalue weighted by Crippen LogP contribution is -2.29. The molecule has 0 heterocycles. The third-order valence-corrected chi connectivity index (χ3v) is 4.50. The van der Waals surface area contributed by atoms with E-state index >= 15 is 0 Å². The molecule has 0 aliphatic heterocycles. The molecule has 0 spiro atoms. The Morgan fingerprint density at radius 2 is 1.74 bits per heavy atom. The molecule has 0 saturated heterocycles. The molecule has 0 aliphatic carbocycles. The zero-order valence-electron chi connectivity index (χ0n) is 17.7. The highest BCUT2D eigenvalue weighted by atomic mass is 19.4. The van der Waals surface area contributed by atoms with Gasteiger partial charge in [0.2, 0.25) is 0 Å². The van der Waals surface area contributed by atoms with E-state index in [0.717, 1.165) is 5.56 Å². The van der Waals surface area contributed by atoms with Gasteiger partial charge in [-0.05, 0) is 25.0 Å². The summed E-state index contributed by atoms with van der Waals surface area (Å²) in [6.45, 7) is 3.41. The molecule has 9 heteroatoms. The number of oxime groups is 2. The van der Waals surface area contributed by atoms with Crippen molar-refractivity contribution in [2.24, 2.45) is 10.3 Å². The Labute approximate surface area is 178 Å². The smallest absolute Gasteiger partial charge is 0.393 e. The molecule has 1 amide bonds. The van der Waals surface area contributed by atoms with E-state index in [2.05, 4.69) is 15.6 Å². The van der Waals surface area contributed by atoms with Crippen molar-refractivity contribution in [2.45, 2.75) is 33.1 Å². The van der Waals surface area contributed by atoms with Gasteiger partial charge in [0.25, 0.3) is 5.91 Å². The molecule has 6 nitrogen and oxygen atoms in total. The summed E-state index contributed by atoms with van der Waals surface area (Å²) in [5, 5.41) is 10.3. The quantitative estimate of drug-likeness (QED) is 0.501. The van der Waals surface area contributed by atoms with Gasteiger partial charge in [-0.25, -0.2) is 0 Å². The molecular weight excluding hydrogens is 411 g/mol. The number of carbonyl (C=O) groups is 1. The van der Waals surface area contributed by atoms with Crippen molar-refractivity contribution in [3.05, 3.63) is 70.3 Å². The van der Waals surface area contributed by atoms with Gasteiger partial charge >= 0.3 is 6.18 Å². The van der Waals surface area contributed by atoms with E-state index in [-0.39, 0.29) is 17.9 Å². The van der Waals surface area contributed by atoms with Gasteiger partial charge in [0.1, 0.15) is 13.7 Å². The Kier molecular flexibility index (Phi) is 8.18. The van der Waals surface area contributed by atoms with Gasteiger partial charge in [-0.15, -0.1) is 0 Å². The van der Waals surface area contributed by atoms with Crippen LogP contribution in [0.3, 0.4) is 0 Å². The second kappa shape index (κ2) is 10.6. The Balaban J connectivity index is 2.30. The van der Waals surface area contributed by atoms with Crippen molar-refractivity contribution in [2.75, 3.05) is 14.2 Å². The number of hydrogen-bond donors (Lipinski definition) is 1. The van der Waals surface area contributed by atoms with E-state index in [1.165, 1.54) is 20.2 Å². The van der Waals surface area contributed by atoms with Crippen LogP contribution in [0.5, 0.6) is 0 Å². The average Bonchev–Trinajstić information content (AvgIpc) is 2.72. The maximum Gasteiger partial charge on any atom is 0.393 e. The van der Waals surface area contributed by atoms with E-state index in [1.807, 2.05) is 13.0 Å². The van der Waals surface area contributed by atoms with Crippen LogP contribution in [0, 0.1) is 6.92 Å². The predicted molar refractivity (Wildman–Crippen MR) is 112 cm³/mol. The van der Waals surface area contributed by atoms with Crippen molar-refractivity contribution >= 4 is 17.3 Å². The minimum Gasteiger partial charge on any atom is -0.398 e. The second-order valence-corrected chi connectivity index (χ2v) is 6.70. The number of benzene rings is 2. The number of amides is 1. The molecular formula is C22H24F3N3O3. The molecule has 0 unspecified atom stereocenters. The highest BCUT2D eigenvalue weighted by Gasteiger charge is 2.29. The maximum absolute atomic E-state index is 12.9. The van der Waals surface area contributed by atoms with Crippen molar-refractivity contribution < 1.29 is 27.6 Å². The molecule has 0 radical (unpaired) electrons. The van der Waals surface area contributed by atoms with E-state index in [9.17, 15) is 18.0 Å². The largest absolute Gasteiger partial charge is 0.398 e. The van der Waals surface area contributed by atoms with Gasteiger partial charge in [-0.1, -0.05) is 52.8 Å². The summed E-state index contributed by atoms with van der Waals surface area (Å²) in [7, 11) is 2.81. The van der Waals surface area contributed by atoms with Crippen LogP contribution in [-0.2, 0) is 27.5 Å². The number of nitrogens with one attached hydrogen (secondary N) is 1. The Morgan fingerprint density at radius 3 is 2.39 bits per heavy atom. The number of carbonyl (C=O) groups excluding carboxylic acids is 1. The van der Waals surface area contributed by atoms with Crippen LogP contribution in [0.1, 0.15) is 34.7 Å². The van der Waals surface area contributed by atoms with Crippen molar-refractivity contribution in [3.8, 4) is 0 Å². The van der Waals surface area contributed by atoms with E-state index in [0.29, 0.717) is 22.4 Å². The number of aryl methyl sites for hydroxylation is 1. The van der Waals surface area contributed by atoms with Crippen LogP contribution < -0.4 is 5.32 Å². The molecule has 2 rings (SSSR count). The topological polar surface area (TPSA) is 72.3 Å². The minimum absolute atomic E-state index is 0.0134. The van der Waals surface area contributed by atoms with Crippen LogP contribution in [0.15, 0.2) is 52.8 Å². The first-order valence-electron chi connectivity index (χ1n) is 9.41. The lowest BCUT2D eigenvalue weighted by molar-refractivity contribution is -0.127. The van der Waals surface area contributed by atoms with Crippen LogP contribution in [0.2, 0.25) is 0 Å². The van der Waals surface area contributed by atoms with Gasteiger partial charge in [0, 0.05) is 23.7 Å². The number of likely N-dealkylation sites (N-methyl/N-ethyl adjacent to an activating group) is 1. The summed E-state index contributed by atoms with van der Waals surface area (Å²) in [5.41, 5.74) is 2.85. The molecule has 1 N–H and O–H groups in total. The number of alkyl halides is 3. The highest BCUT2D eigenvalue weighted by molar-refractivity contribution is 6.45. The zero-order chi connectivity index (χ0) is 23.0. The third kappa shape index (κ3) is 6.56. The summed E-state index contributed by atoms with van der Waals surface area (Å²) in [6.07, 6.45) is -5.38. The van der Waals surface area contributed by atoms with Gasteiger partial charge in [0.15, 0.2) is 5.71 Å². The van der Waals surface area contributed by atoms with E-state index in [4.69, 9.17) is 9.68 Å². The summed E-state index contributed by atoms with van der Waals surface area (Å²) in [6, 6.07) is 11.5. The predicted octanol–water partition coefficient (Wildman–Crippen LogP) is 4.14. The second-order valence-electron chi connectivity index (χ2n) is 6.70. The molecule has 0 saturated carbocycles. The third-order valence-electron chi connectivity index (χ3n) is 4.50. The maximum atomic E-state index is 12.9. The Morgan fingerprint density at radius 1 is 1.06 bits per heavy atom. The molecule has 0 bridgehead atoms. The molecule has 0 atom stereocenters. The minimum atomic E-state index is -4.33. The first-order valence-corrected chi connectivity index (χ1v) is 9.41. The van der Waals surface area contributed by atoms with E-state index < -0.39 is 18.5 Å². The molecule has 31 heavy (non-hydrogen) atoms. The SMILES string of the molecule is CNC(=O)/C(=N/OC)c1cccc(C)c1CO/N=C(\C)c1ccccc1CC(F)(F)F. The zero-order valence-corrected chi connectivity index (χ0v) is 17.7. The summed E-state index contributed by atoms with van der Waals surface area (Å²) in [5.74, 6) is -0.436. The number of nitrogens with zero attached hydrogens (tertiary/aromatic N) is 2. The van der Waals surface area contributed by atoms with Crippen LogP contribution in [0.25, 0.3) is 0 Å². The lowest BCUT2D eigenvalue weighted by atomic mass is 9.98. The van der Waals surface area contributed by atoms with Gasteiger partial charge in [-0.3, -0.25) is 4.79 Å². The molecule has 0 aromatic heterocycles. The van der Waals surface area contributed by atoms with Gasteiger partial charge < -0.3 is 15.0 Å². The van der Waals surface area contributed by atoms with Crippen molar-refractivity contribution in [1.82, 2.24) is 5.32 Å². The Hall–Kier alpha value is -3.36. The highest BCUT2D eigenvalue weighted by Crippen LogP contribution is 2.24. The van der Waals surface area contributed by atoms with Crippen LogP contribution in [-0.4, -0.2) is 37.7 Å². The van der Waals surface area contributed by atoms with Crippen LogP contribution in [0.4, 0.5) is 13.2 Å². The lowest BCUT2D eigenvalue weighted by Gasteiger charge is -2.14. The summed E-state index contributed by atoms with van der Waals surface area (Å²) < 4.78 is 38.6. The van der Waals surface area contributed by atoms with E-state index in [1.54, 1.807) is 37.3 Å². The monoisotopic (exact) mass is 435 g/mol. The first kappa shape index (κ1) is 23.9. The number of rotatable bonds is 8. The fourth-order valence-electron chi connectivity index (χ4n) is 3.02. The first-order chi connectivity index (χ1) is 14.7. The molecule has 166 valence electrons. The van der Waals surface area contributed by atoms with Crippen LogP contribution >= 0.6 is 0 Å². The van der Waals surface area contributed by atoms with Gasteiger partial charge in [0.05, 0.1) is 12.1 Å². The molecule has 0 fully saturated rings. The molecule has 2 aromatic rings. The fraction of sp³-hybridized carbons (Fsp3) is 0.318. The van der Waals surface area contributed by atoms with Crippen molar-refractivity contribution in [3.63, 3.8) is 0 Å². The van der Waals surface area contributed by atoms with Crippen molar-refractivity contribution in [1.29, 1.82) is 0 Å². The molecule has 0 aliphatic rings. The Bertz CT molecular complexity index is 985. The number of hydrogen-bond acceptors (Lipinski definition) is 5. The standard InChI is InChI=1S/C22H24F3N3O3/c1-14-8-7-11-18(20(28-30-4)21(29)26-3)19(14)13-31-27-15(2)17-10-6-5-9-16(17)12-22(23,24)25/h5-11H,12-13H2,1-4H3,(H,26,29)/b27-15+,28-20+. The number of halogens is 3. The summed E-state index contributed by atoms with van der Waals surface area (Å²) >= 11 is 0. The molecule has 2 aromatic carbocycles. The average molecular weight is 435 g/mol. The summed E-state index contributed by atoms with van der Waals surface area (Å²) in [4.78, 5) is 22.5. The van der Waals surface area contributed by atoms with Gasteiger partial charge in [-0.2, -0.15) is 13.2 Å². The fourth-order valence-corrected chi connectivity index (χ4v) is 3.02.